The van der Waals surface area contributed by atoms with E-state index in [1.54, 1.807) is 0 Å². The molecule has 0 heterocycles. The number of aliphatic hydroxyl groups excluding tert-OH is 2. The molecule has 0 spiro atoms. The van der Waals surface area contributed by atoms with Crippen LogP contribution in [0.5, 0.6) is 0 Å². The summed E-state index contributed by atoms with van der Waals surface area (Å²) in [5, 5.41) is 20.8. The molecule has 11 N–H and O–H groups in total. The number of aliphatic hydroxyl groups is 2. The van der Waals surface area contributed by atoms with Gasteiger partial charge in [-0.25, -0.2) is 0 Å². The van der Waals surface area contributed by atoms with E-state index >= 15 is 0 Å². The van der Waals surface area contributed by atoms with Crippen molar-refractivity contribution in [3.8, 4) is 0 Å². The van der Waals surface area contributed by atoms with Crippen molar-refractivity contribution in [3.63, 3.8) is 0 Å². The number of rotatable bonds is 5. The van der Waals surface area contributed by atoms with Gasteiger partial charge in [0.15, 0.2) is 0 Å². The molecule has 3 atom stereocenters. The minimum Gasteiger partial charge on any atom is -0.394 e. The lowest BCUT2D eigenvalue weighted by Crippen LogP contribution is -2.52. The van der Waals surface area contributed by atoms with Crippen LogP contribution in [0.1, 0.15) is 13.3 Å². The summed E-state index contributed by atoms with van der Waals surface area (Å²) in [5.74, 6) is -0.394. The monoisotopic (exact) mass is 329 g/mol. The molecule has 0 aromatic carbocycles. The molecule has 0 saturated heterocycles. The van der Waals surface area contributed by atoms with Crippen LogP contribution in [0.4, 0.5) is 0 Å². The van der Waals surface area contributed by atoms with Gasteiger partial charge in [0.1, 0.15) is 0 Å². The van der Waals surface area contributed by atoms with Crippen molar-refractivity contribution in [2.75, 3.05) is 13.2 Å². The summed E-state index contributed by atoms with van der Waals surface area (Å²) in [6.45, 7) is 0.939. The second kappa shape index (κ2) is 9.23. The van der Waals surface area contributed by atoms with Gasteiger partial charge in [0.05, 0.1) is 31.5 Å². The van der Waals surface area contributed by atoms with E-state index in [4.69, 9.17) is 19.6 Å². The molecule has 0 saturated carbocycles. The van der Waals surface area contributed by atoms with Gasteiger partial charge in [-0.2, -0.15) is 0 Å². The quantitative estimate of drug-likeness (QED) is 0.309. The van der Waals surface area contributed by atoms with Crippen molar-refractivity contribution < 1.29 is 34.1 Å². The molecule has 126 valence electrons. The van der Waals surface area contributed by atoms with Crippen LogP contribution < -0.4 is 17.6 Å². The van der Waals surface area contributed by atoms with Crippen molar-refractivity contribution in [1.82, 2.24) is 17.6 Å². The largest absolute Gasteiger partial charge is 0.394 e. The Morgan fingerprint density at radius 2 is 2.05 bits per heavy atom. The number of amides is 1. The molecule has 1 rings (SSSR count). The van der Waals surface area contributed by atoms with E-state index in [0.717, 1.165) is 6.08 Å². The minimum atomic E-state index is -4.46. The van der Waals surface area contributed by atoms with Gasteiger partial charge in [0, 0.05) is 18.7 Å². The van der Waals surface area contributed by atoms with Crippen LogP contribution in [0.2, 0.25) is 0 Å². The van der Waals surface area contributed by atoms with Crippen LogP contribution >= 0.6 is 7.60 Å². The van der Waals surface area contributed by atoms with Crippen LogP contribution in [0.15, 0.2) is 11.4 Å². The molecule has 0 aromatic rings. The molecule has 0 aromatic heterocycles. The van der Waals surface area contributed by atoms with Crippen LogP contribution in [-0.2, 0) is 14.1 Å². The smallest absolute Gasteiger partial charge is 0.352 e. The van der Waals surface area contributed by atoms with E-state index in [2.05, 4.69) is 5.32 Å². The van der Waals surface area contributed by atoms with E-state index in [1.807, 2.05) is 0 Å². The number of carbonyl (C=O) groups is 1. The van der Waals surface area contributed by atoms with E-state index in [1.165, 1.54) is 6.92 Å². The van der Waals surface area contributed by atoms with Crippen molar-refractivity contribution in [2.24, 2.45) is 0 Å². The maximum atomic E-state index is 11.2. The molecule has 0 aliphatic heterocycles. The molecule has 1 aliphatic rings. The maximum absolute atomic E-state index is 11.2. The third-order valence-electron chi connectivity index (χ3n) is 2.71. The van der Waals surface area contributed by atoms with Gasteiger partial charge in [0.25, 0.3) is 0 Å². The summed E-state index contributed by atoms with van der Waals surface area (Å²) in [4.78, 5) is 29.3. The molecular weight excluding hydrogens is 305 g/mol. The summed E-state index contributed by atoms with van der Waals surface area (Å²) < 4.78 is 16.4. The Kier molecular flexibility index (Phi) is 9.87. The van der Waals surface area contributed by atoms with Gasteiger partial charge >= 0.3 is 7.60 Å². The van der Waals surface area contributed by atoms with Crippen molar-refractivity contribution in [1.29, 1.82) is 0 Å². The highest BCUT2D eigenvalue weighted by Crippen LogP contribution is 2.49. The molecule has 0 unspecified atom stereocenters. The number of carbonyl (C=O) groups excluding carboxylic acids is 1. The SMILES string of the molecule is CC(=O)N[C@@H]1[C@H](O)C=C(P(=O)(O)O)C[C@H]1OCCO.N.N. The molecule has 0 fully saturated rings. The van der Waals surface area contributed by atoms with Crippen LogP contribution in [0.25, 0.3) is 0 Å². The molecule has 10 nitrogen and oxygen atoms in total. The van der Waals surface area contributed by atoms with Crippen LogP contribution in [0, 0.1) is 0 Å². The first-order chi connectivity index (χ1) is 8.75. The van der Waals surface area contributed by atoms with Crippen molar-refractivity contribution >= 4 is 13.5 Å². The Labute approximate surface area is 122 Å². The first-order valence-electron chi connectivity index (χ1n) is 5.70. The fourth-order valence-corrected chi connectivity index (χ4v) is 2.68. The minimum absolute atomic E-state index is 0. The average Bonchev–Trinajstić information content (AvgIpc) is 2.27. The maximum Gasteiger partial charge on any atom is 0.352 e. The molecule has 0 bridgehead atoms. The van der Waals surface area contributed by atoms with Crippen molar-refractivity contribution in [3.05, 3.63) is 11.4 Å². The normalized spacial score (nSPS) is 25.2. The van der Waals surface area contributed by atoms with Crippen LogP contribution in [-0.4, -0.2) is 57.4 Å². The Balaban J connectivity index is 0. The van der Waals surface area contributed by atoms with E-state index in [9.17, 15) is 14.5 Å². The topological polar surface area (TPSA) is 206 Å². The van der Waals surface area contributed by atoms with Crippen LogP contribution in [0.3, 0.4) is 0 Å². The summed E-state index contributed by atoms with van der Waals surface area (Å²) >= 11 is 0. The van der Waals surface area contributed by atoms with Gasteiger partial charge in [-0.1, -0.05) is 0 Å². The zero-order valence-electron chi connectivity index (χ0n) is 11.8. The lowest BCUT2D eigenvalue weighted by Gasteiger charge is -2.34. The Morgan fingerprint density at radius 1 is 1.48 bits per heavy atom. The van der Waals surface area contributed by atoms with E-state index < -0.39 is 31.8 Å². The Bertz CT molecular complexity index is 411. The highest BCUT2D eigenvalue weighted by molar-refractivity contribution is 7.56. The van der Waals surface area contributed by atoms with Crippen molar-refractivity contribution in [2.45, 2.75) is 31.6 Å². The fourth-order valence-electron chi connectivity index (χ4n) is 1.92. The molecule has 1 aliphatic carbocycles. The Morgan fingerprint density at radius 3 is 2.48 bits per heavy atom. The molecule has 11 heteroatoms. The zero-order chi connectivity index (χ0) is 14.6. The molecule has 21 heavy (non-hydrogen) atoms. The second-order valence-electron chi connectivity index (χ2n) is 4.26. The first-order valence-corrected chi connectivity index (χ1v) is 7.31. The third kappa shape index (κ3) is 6.64. The highest BCUT2D eigenvalue weighted by atomic mass is 31.2. The van der Waals surface area contributed by atoms with Gasteiger partial charge in [-0.05, 0) is 6.08 Å². The summed E-state index contributed by atoms with van der Waals surface area (Å²) in [6, 6.07) is -0.806. The number of hydrogen-bond donors (Lipinski definition) is 7. The molecule has 0 radical (unpaired) electrons. The standard InChI is InChI=1S/C10H18NO7P.2H3N/c1-6(13)11-10-8(14)4-7(19(15,16)17)5-9(10)18-3-2-12;;/h4,8-10,12,14H,2-3,5H2,1H3,(H,11,13)(H2,15,16,17);2*1H3/t8-,9-,10-;;/m1../s1. The third-order valence-corrected chi connectivity index (χ3v) is 3.79. The fraction of sp³-hybridized carbons (Fsp3) is 0.700. The van der Waals surface area contributed by atoms with E-state index in [0.29, 0.717) is 0 Å². The summed E-state index contributed by atoms with van der Waals surface area (Å²) in [5.41, 5.74) is 0. The Hall–Kier alpha value is -0.840. The zero-order valence-corrected chi connectivity index (χ0v) is 12.7. The summed E-state index contributed by atoms with van der Waals surface area (Å²) in [7, 11) is -4.46. The highest BCUT2D eigenvalue weighted by Gasteiger charge is 2.38. The lowest BCUT2D eigenvalue weighted by molar-refractivity contribution is -0.122. The van der Waals surface area contributed by atoms with Gasteiger partial charge < -0.3 is 42.4 Å². The average molecular weight is 329 g/mol. The number of hydrogen-bond acceptors (Lipinski definition) is 7. The van der Waals surface area contributed by atoms with Gasteiger partial charge in [0.2, 0.25) is 5.91 Å². The molecule has 1 amide bonds. The second-order valence-corrected chi connectivity index (χ2v) is 5.92. The number of ether oxygens (including phenoxy) is 1. The lowest BCUT2D eigenvalue weighted by atomic mass is 9.95. The first kappa shape index (κ1) is 22.4. The predicted molar refractivity (Wildman–Crippen MR) is 75.2 cm³/mol. The number of nitrogens with one attached hydrogen (secondary N) is 1. The van der Waals surface area contributed by atoms with E-state index in [-0.39, 0.29) is 37.2 Å². The summed E-state index contributed by atoms with van der Waals surface area (Å²) in [6.07, 6.45) is -1.14. The predicted octanol–water partition coefficient (Wildman–Crippen LogP) is -0.981. The molecular formula is C10H24N3O7P. The van der Waals surface area contributed by atoms with Gasteiger partial charge in [-0.15, -0.1) is 0 Å². The van der Waals surface area contributed by atoms with Gasteiger partial charge in [-0.3, -0.25) is 9.36 Å².